The number of amides is 1. The maximum Gasteiger partial charge on any atom is 0.296 e. The first-order valence-corrected chi connectivity index (χ1v) is 11.4. The van der Waals surface area contributed by atoms with Gasteiger partial charge in [-0.05, 0) is 41.4 Å². The van der Waals surface area contributed by atoms with Crippen molar-refractivity contribution in [2.24, 2.45) is 0 Å². The van der Waals surface area contributed by atoms with E-state index in [1.54, 1.807) is 29.2 Å². The standard InChI is InChI=1S/C23H21NO4S2/c1-2-10-28-16-7-3-6-15(13-16)21(25)19-20(18-9-5-12-30-18)24(23(27)22(19)26)14-17-8-4-11-29-17/h3-9,11-13,20,25H,2,10,14H2,1H3/b21-19-. The average molecular weight is 440 g/mol. The summed E-state index contributed by atoms with van der Waals surface area (Å²) in [6.45, 7) is 2.89. The highest BCUT2D eigenvalue weighted by Gasteiger charge is 2.46. The molecule has 0 spiro atoms. The Kier molecular flexibility index (Phi) is 6.01. The number of thiophene rings is 2. The number of Topliss-reactive ketones (excluding diaryl/α,β-unsaturated/α-hetero) is 1. The van der Waals surface area contributed by atoms with Crippen molar-refractivity contribution in [1.82, 2.24) is 4.90 Å². The van der Waals surface area contributed by atoms with Gasteiger partial charge in [0.2, 0.25) is 0 Å². The molecular weight excluding hydrogens is 418 g/mol. The highest BCUT2D eigenvalue weighted by atomic mass is 32.1. The molecule has 1 N–H and O–H groups in total. The lowest BCUT2D eigenvalue weighted by Crippen LogP contribution is -2.28. The van der Waals surface area contributed by atoms with Crippen LogP contribution in [-0.2, 0) is 16.1 Å². The van der Waals surface area contributed by atoms with Crippen LogP contribution in [0, 0.1) is 0 Å². The van der Waals surface area contributed by atoms with Gasteiger partial charge in [-0.2, -0.15) is 0 Å². The van der Waals surface area contributed by atoms with Crippen molar-refractivity contribution in [1.29, 1.82) is 0 Å². The lowest BCUT2D eigenvalue weighted by Gasteiger charge is -2.23. The molecule has 1 fully saturated rings. The van der Waals surface area contributed by atoms with Crippen LogP contribution in [0.2, 0.25) is 0 Å². The SMILES string of the molecule is CCCOc1cccc(/C(O)=C2/C(=O)C(=O)N(Cc3cccs3)C2c2cccs2)c1. The second kappa shape index (κ2) is 8.85. The van der Waals surface area contributed by atoms with Crippen LogP contribution in [0.1, 0.15) is 34.7 Å². The fourth-order valence-corrected chi connectivity index (χ4v) is 5.01. The minimum Gasteiger partial charge on any atom is -0.507 e. The zero-order valence-corrected chi connectivity index (χ0v) is 18.0. The van der Waals surface area contributed by atoms with Crippen LogP contribution in [0.25, 0.3) is 5.76 Å². The number of nitrogens with zero attached hydrogens (tertiary/aromatic N) is 1. The summed E-state index contributed by atoms with van der Waals surface area (Å²) in [5.74, 6) is -0.826. The van der Waals surface area contributed by atoms with Gasteiger partial charge in [0.25, 0.3) is 11.7 Å². The number of carbonyl (C=O) groups excluding carboxylic acids is 2. The van der Waals surface area contributed by atoms with Crippen LogP contribution in [-0.4, -0.2) is 28.3 Å². The molecule has 3 heterocycles. The van der Waals surface area contributed by atoms with E-state index in [4.69, 9.17) is 4.74 Å². The third kappa shape index (κ3) is 3.91. The Morgan fingerprint density at radius 2 is 1.90 bits per heavy atom. The molecule has 0 aliphatic carbocycles. The van der Waals surface area contributed by atoms with E-state index in [1.165, 1.54) is 22.7 Å². The molecule has 1 aromatic carbocycles. The predicted molar refractivity (Wildman–Crippen MR) is 119 cm³/mol. The predicted octanol–water partition coefficient (Wildman–Crippen LogP) is 5.22. The van der Waals surface area contributed by atoms with Gasteiger partial charge in [-0.3, -0.25) is 9.59 Å². The van der Waals surface area contributed by atoms with E-state index < -0.39 is 17.7 Å². The lowest BCUT2D eigenvalue weighted by molar-refractivity contribution is -0.140. The number of benzene rings is 1. The van der Waals surface area contributed by atoms with Gasteiger partial charge in [0.1, 0.15) is 17.6 Å². The number of aliphatic hydroxyl groups excluding tert-OH is 1. The van der Waals surface area contributed by atoms with Crippen molar-refractivity contribution in [3.63, 3.8) is 0 Å². The topological polar surface area (TPSA) is 66.8 Å². The van der Waals surface area contributed by atoms with Gasteiger partial charge in [-0.1, -0.05) is 31.2 Å². The van der Waals surface area contributed by atoms with Crippen LogP contribution in [0.15, 0.2) is 64.9 Å². The molecule has 1 saturated heterocycles. The fraction of sp³-hybridized carbons (Fsp3) is 0.217. The van der Waals surface area contributed by atoms with Gasteiger partial charge in [0.05, 0.1) is 18.7 Å². The molecule has 3 aromatic rings. The number of aliphatic hydroxyl groups is 1. The maximum atomic E-state index is 13.0. The van der Waals surface area contributed by atoms with Crippen molar-refractivity contribution < 1.29 is 19.4 Å². The largest absolute Gasteiger partial charge is 0.507 e. The Morgan fingerprint density at radius 1 is 1.10 bits per heavy atom. The monoisotopic (exact) mass is 439 g/mol. The minimum atomic E-state index is -0.665. The molecule has 1 unspecified atom stereocenters. The first kappa shape index (κ1) is 20.4. The second-order valence-corrected chi connectivity index (χ2v) is 8.91. The summed E-state index contributed by atoms with van der Waals surface area (Å²) in [4.78, 5) is 29.3. The van der Waals surface area contributed by atoms with Crippen LogP contribution >= 0.6 is 22.7 Å². The lowest BCUT2D eigenvalue weighted by atomic mass is 9.99. The number of hydrogen-bond donors (Lipinski definition) is 1. The maximum absolute atomic E-state index is 13.0. The minimum absolute atomic E-state index is 0.117. The summed E-state index contributed by atoms with van der Waals surface area (Å²) in [6.07, 6.45) is 0.864. The smallest absolute Gasteiger partial charge is 0.296 e. The highest BCUT2D eigenvalue weighted by molar-refractivity contribution is 7.10. The number of ketones is 1. The van der Waals surface area contributed by atoms with Crippen molar-refractivity contribution in [3.05, 3.63) is 80.2 Å². The molecule has 4 rings (SSSR count). The van der Waals surface area contributed by atoms with Crippen molar-refractivity contribution in [3.8, 4) is 5.75 Å². The first-order chi connectivity index (χ1) is 14.6. The third-order valence-corrected chi connectivity index (χ3v) is 6.63. The molecule has 2 aromatic heterocycles. The summed E-state index contributed by atoms with van der Waals surface area (Å²) < 4.78 is 5.65. The number of ether oxygens (including phenoxy) is 1. The van der Waals surface area contributed by atoms with Crippen molar-refractivity contribution in [2.45, 2.75) is 25.9 Å². The molecule has 0 saturated carbocycles. The average Bonchev–Trinajstić information content (AvgIpc) is 3.51. The Bertz CT molecular complexity index is 1070. The third-order valence-electron chi connectivity index (χ3n) is 4.84. The highest BCUT2D eigenvalue weighted by Crippen LogP contribution is 2.42. The quantitative estimate of drug-likeness (QED) is 0.311. The van der Waals surface area contributed by atoms with Gasteiger partial charge < -0.3 is 14.7 Å². The Labute approximate surface area is 182 Å². The zero-order chi connectivity index (χ0) is 21.1. The number of hydrogen-bond acceptors (Lipinski definition) is 6. The van der Waals surface area contributed by atoms with Crippen LogP contribution in [0.5, 0.6) is 5.75 Å². The van der Waals surface area contributed by atoms with Crippen LogP contribution in [0.3, 0.4) is 0 Å². The zero-order valence-electron chi connectivity index (χ0n) is 16.4. The molecule has 30 heavy (non-hydrogen) atoms. The molecule has 0 bridgehead atoms. The fourth-order valence-electron chi connectivity index (χ4n) is 3.46. The second-order valence-electron chi connectivity index (χ2n) is 6.90. The van der Waals surface area contributed by atoms with Crippen LogP contribution in [0.4, 0.5) is 0 Å². The first-order valence-electron chi connectivity index (χ1n) is 9.67. The molecule has 1 atom stereocenters. The summed E-state index contributed by atoms with van der Waals surface area (Å²) >= 11 is 2.99. The number of carbonyl (C=O) groups is 2. The van der Waals surface area contributed by atoms with Gasteiger partial charge in [0.15, 0.2) is 0 Å². The molecule has 154 valence electrons. The molecule has 1 aliphatic heterocycles. The van der Waals surface area contributed by atoms with E-state index in [0.29, 0.717) is 24.5 Å². The summed E-state index contributed by atoms with van der Waals surface area (Å²) in [5.41, 5.74) is 0.575. The number of rotatable bonds is 7. The van der Waals surface area contributed by atoms with Crippen molar-refractivity contribution in [2.75, 3.05) is 6.61 Å². The van der Waals surface area contributed by atoms with Gasteiger partial charge in [-0.25, -0.2) is 0 Å². The molecule has 7 heteroatoms. The van der Waals surface area contributed by atoms with Crippen molar-refractivity contribution >= 4 is 40.1 Å². The summed E-state index contributed by atoms with van der Waals surface area (Å²) in [6, 6.07) is 14.0. The normalized spacial score (nSPS) is 18.2. The van der Waals surface area contributed by atoms with E-state index in [9.17, 15) is 14.7 Å². The van der Waals surface area contributed by atoms with E-state index in [1.807, 2.05) is 41.9 Å². The van der Waals surface area contributed by atoms with Crippen LogP contribution < -0.4 is 4.74 Å². The van der Waals surface area contributed by atoms with E-state index >= 15 is 0 Å². The molecular formula is C23H21NO4S2. The van der Waals surface area contributed by atoms with E-state index in [0.717, 1.165) is 16.2 Å². The molecule has 0 radical (unpaired) electrons. The summed E-state index contributed by atoms with van der Waals surface area (Å²) in [5, 5.41) is 14.9. The molecule has 1 amide bonds. The van der Waals surface area contributed by atoms with Gasteiger partial charge in [-0.15, -0.1) is 22.7 Å². The number of likely N-dealkylation sites (tertiary alicyclic amines) is 1. The molecule has 1 aliphatic rings. The van der Waals surface area contributed by atoms with E-state index in [2.05, 4.69) is 0 Å². The van der Waals surface area contributed by atoms with Gasteiger partial charge >= 0.3 is 0 Å². The Balaban J connectivity index is 1.78. The van der Waals surface area contributed by atoms with E-state index in [-0.39, 0.29) is 11.3 Å². The Hall–Kier alpha value is -2.90. The summed E-state index contributed by atoms with van der Waals surface area (Å²) in [7, 11) is 0. The Morgan fingerprint density at radius 3 is 2.60 bits per heavy atom. The molecule has 5 nitrogen and oxygen atoms in total. The van der Waals surface area contributed by atoms with Gasteiger partial charge in [0, 0.05) is 15.3 Å².